The quantitative estimate of drug-likeness (QED) is 0.871. The maximum atomic E-state index is 13.4. The number of nitrogens with one attached hydrogen (secondary N) is 2. The van der Waals surface area contributed by atoms with Crippen LogP contribution in [0, 0.1) is 5.82 Å². The van der Waals surface area contributed by atoms with Gasteiger partial charge >= 0.3 is 6.03 Å². The van der Waals surface area contributed by atoms with Gasteiger partial charge in [0.05, 0.1) is 0 Å². The lowest BCUT2D eigenvalue weighted by molar-refractivity contribution is 0.252. The SMILES string of the molecule is O=C(NCCc1ccccc1F)Nc1cccc(Br)c1. The molecule has 0 spiro atoms. The number of hydrogen-bond donors (Lipinski definition) is 2. The molecule has 20 heavy (non-hydrogen) atoms. The molecule has 0 unspecified atom stereocenters. The van der Waals surface area contributed by atoms with Crippen LogP contribution in [0.5, 0.6) is 0 Å². The number of urea groups is 1. The van der Waals surface area contributed by atoms with E-state index in [9.17, 15) is 9.18 Å². The minimum absolute atomic E-state index is 0.248. The average Bonchev–Trinajstić information content (AvgIpc) is 2.41. The molecule has 0 aliphatic carbocycles. The van der Waals surface area contributed by atoms with Crippen LogP contribution in [0.1, 0.15) is 5.56 Å². The zero-order chi connectivity index (χ0) is 14.4. The summed E-state index contributed by atoms with van der Waals surface area (Å²) in [7, 11) is 0. The Kier molecular flexibility index (Phi) is 5.12. The van der Waals surface area contributed by atoms with E-state index >= 15 is 0 Å². The average molecular weight is 337 g/mol. The van der Waals surface area contributed by atoms with Gasteiger partial charge in [-0.15, -0.1) is 0 Å². The van der Waals surface area contributed by atoms with Gasteiger partial charge in [-0.1, -0.05) is 40.2 Å². The first kappa shape index (κ1) is 14.5. The second kappa shape index (κ2) is 7.05. The highest BCUT2D eigenvalue weighted by Gasteiger charge is 2.03. The summed E-state index contributed by atoms with van der Waals surface area (Å²) in [5.74, 6) is -0.248. The topological polar surface area (TPSA) is 41.1 Å². The molecular weight excluding hydrogens is 323 g/mol. The number of rotatable bonds is 4. The van der Waals surface area contributed by atoms with Crippen molar-refractivity contribution in [1.82, 2.24) is 5.32 Å². The number of benzene rings is 2. The van der Waals surface area contributed by atoms with Gasteiger partial charge < -0.3 is 10.6 Å². The summed E-state index contributed by atoms with van der Waals surface area (Å²) in [4.78, 5) is 11.7. The minimum atomic E-state index is -0.306. The van der Waals surface area contributed by atoms with Gasteiger partial charge in [0.15, 0.2) is 0 Å². The maximum Gasteiger partial charge on any atom is 0.319 e. The summed E-state index contributed by atoms with van der Waals surface area (Å²) in [5, 5.41) is 5.40. The molecule has 0 aliphatic heterocycles. The molecule has 0 saturated carbocycles. The fraction of sp³-hybridized carbons (Fsp3) is 0.133. The first-order valence-corrected chi connectivity index (χ1v) is 6.98. The van der Waals surface area contributed by atoms with Crippen LogP contribution in [0.15, 0.2) is 53.0 Å². The lowest BCUT2D eigenvalue weighted by atomic mass is 10.1. The monoisotopic (exact) mass is 336 g/mol. The normalized spacial score (nSPS) is 10.1. The van der Waals surface area contributed by atoms with Gasteiger partial charge in [0.2, 0.25) is 0 Å². The molecule has 0 bridgehead atoms. The van der Waals surface area contributed by atoms with E-state index < -0.39 is 0 Å². The van der Waals surface area contributed by atoms with Crippen molar-refractivity contribution in [2.24, 2.45) is 0 Å². The number of amides is 2. The molecule has 0 saturated heterocycles. The fourth-order valence-electron chi connectivity index (χ4n) is 1.75. The largest absolute Gasteiger partial charge is 0.338 e. The molecule has 2 aromatic carbocycles. The predicted molar refractivity (Wildman–Crippen MR) is 81.3 cm³/mol. The third kappa shape index (κ3) is 4.35. The van der Waals surface area contributed by atoms with E-state index in [1.54, 1.807) is 30.3 Å². The molecule has 0 atom stereocenters. The van der Waals surface area contributed by atoms with E-state index in [2.05, 4.69) is 26.6 Å². The molecule has 0 heterocycles. The molecule has 0 aliphatic rings. The third-order valence-electron chi connectivity index (χ3n) is 2.72. The highest BCUT2D eigenvalue weighted by atomic mass is 79.9. The molecule has 0 aromatic heterocycles. The Morgan fingerprint density at radius 3 is 2.70 bits per heavy atom. The molecule has 0 radical (unpaired) electrons. The lowest BCUT2D eigenvalue weighted by Gasteiger charge is -2.08. The Labute approximate surface area is 125 Å². The van der Waals surface area contributed by atoms with Gasteiger partial charge in [-0.3, -0.25) is 0 Å². The van der Waals surface area contributed by atoms with Crippen LogP contribution in [-0.2, 0) is 6.42 Å². The van der Waals surface area contributed by atoms with E-state index in [1.807, 2.05) is 12.1 Å². The number of hydrogen-bond acceptors (Lipinski definition) is 1. The van der Waals surface area contributed by atoms with Crippen molar-refractivity contribution in [3.63, 3.8) is 0 Å². The Morgan fingerprint density at radius 1 is 1.15 bits per heavy atom. The van der Waals surface area contributed by atoms with Gasteiger partial charge in [-0.05, 0) is 36.2 Å². The van der Waals surface area contributed by atoms with Gasteiger partial charge in [0, 0.05) is 16.7 Å². The van der Waals surface area contributed by atoms with Crippen molar-refractivity contribution in [2.75, 3.05) is 11.9 Å². The van der Waals surface area contributed by atoms with Crippen LogP contribution < -0.4 is 10.6 Å². The predicted octanol–water partition coefficient (Wildman–Crippen LogP) is 3.95. The third-order valence-corrected chi connectivity index (χ3v) is 3.21. The summed E-state index contributed by atoms with van der Waals surface area (Å²) in [6.45, 7) is 0.376. The summed E-state index contributed by atoms with van der Waals surface area (Å²) in [5.41, 5.74) is 1.29. The van der Waals surface area contributed by atoms with Crippen LogP contribution in [0.25, 0.3) is 0 Å². The Balaban J connectivity index is 1.80. The fourth-order valence-corrected chi connectivity index (χ4v) is 2.15. The first-order chi connectivity index (χ1) is 9.65. The Morgan fingerprint density at radius 2 is 1.95 bits per heavy atom. The minimum Gasteiger partial charge on any atom is -0.338 e. The van der Waals surface area contributed by atoms with Gasteiger partial charge in [-0.2, -0.15) is 0 Å². The van der Waals surface area contributed by atoms with Crippen LogP contribution in [-0.4, -0.2) is 12.6 Å². The number of anilines is 1. The van der Waals surface area contributed by atoms with Gasteiger partial charge in [0.1, 0.15) is 5.82 Å². The highest BCUT2D eigenvalue weighted by molar-refractivity contribution is 9.10. The molecule has 3 nitrogen and oxygen atoms in total. The standard InChI is InChI=1S/C15H14BrFN2O/c16-12-5-3-6-13(10-12)19-15(20)18-9-8-11-4-1-2-7-14(11)17/h1-7,10H,8-9H2,(H2,18,19,20). The van der Waals surface area contributed by atoms with Crippen LogP contribution >= 0.6 is 15.9 Å². The van der Waals surface area contributed by atoms with Crippen LogP contribution in [0.3, 0.4) is 0 Å². The molecule has 5 heteroatoms. The summed E-state index contributed by atoms with van der Waals surface area (Å²) in [6.07, 6.45) is 0.457. The zero-order valence-electron chi connectivity index (χ0n) is 10.7. The number of halogens is 2. The van der Waals surface area contributed by atoms with Gasteiger partial charge in [-0.25, -0.2) is 9.18 Å². The van der Waals surface area contributed by atoms with Crippen molar-refractivity contribution in [3.8, 4) is 0 Å². The number of carbonyl (C=O) groups is 1. The van der Waals surface area contributed by atoms with Crippen molar-refractivity contribution < 1.29 is 9.18 Å². The van der Waals surface area contributed by atoms with E-state index in [4.69, 9.17) is 0 Å². The lowest BCUT2D eigenvalue weighted by Crippen LogP contribution is -2.30. The van der Waals surface area contributed by atoms with E-state index in [1.165, 1.54) is 6.07 Å². The first-order valence-electron chi connectivity index (χ1n) is 6.19. The highest BCUT2D eigenvalue weighted by Crippen LogP contribution is 2.15. The van der Waals surface area contributed by atoms with E-state index in [0.29, 0.717) is 24.2 Å². The van der Waals surface area contributed by atoms with Gasteiger partial charge in [0.25, 0.3) is 0 Å². The number of carbonyl (C=O) groups excluding carboxylic acids is 1. The maximum absolute atomic E-state index is 13.4. The second-order valence-corrected chi connectivity index (χ2v) is 5.15. The smallest absolute Gasteiger partial charge is 0.319 e. The zero-order valence-corrected chi connectivity index (χ0v) is 12.3. The molecule has 2 aromatic rings. The molecule has 0 fully saturated rings. The van der Waals surface area contributed by atoms with Crippen LogP contribution in [0.4, 0.5) is 14.9 Å². The van der Waals surface area contributed by atoms with Crippen molar-refractivity contribution >= 4 is 27.6 Å². The Hall–Kier alpha value is -1.88. The Bertz CT molecular complexity index is 604. The molecule has 2 amide bonds. The summed E-state index contributed by atoms with van der Waals surface area (Å²) in [6, 6.07) is 13.5. The van der Waals surface area contributed by atoms with Crippen molar-refractivity contribution in [1.29, 1.82) is 0 Å². The molecule has 2 rings (SSSR count). The van der Waals surface area contributed by atoms with E-state index in [0.717, 1.165) is 4.47 Å². The van der Waals surface area contributed by atoms with Crippen molar-refractivity contribution in [3.05, 3.63) is 64.4 Å². The molecule has 2 N–H and O–H groups in total. The van der Waals surface area contributed by atoms with Crippen LogP contribution in [0.2, 0.25) is 0 Å². The summed E-state index contributed by atoms with van der Waals surface area (Å²) >= 11 is 3.33. The van der Waals surface area contributed by atoms with Crippen molar-refractivity contribution in [2.45, 2.75) is 6.42 Å². The van der Waals surface area contributed by atoms with E-state index in [-0.39, 0.29) is 11.8 Å². The second-order valence-electron chi connectivity index (χ2n) is 4.23. The molecule has 104 valence electrons. The molecular formula is C15H14BrFN2O. The summed E-state index contributed by atoms with van der Waals surface area (Å²) < 4.78 is 14.3.